The fourth-order valence-electron chi connectivity index (χ4n) is 1.43. The van der Waals surface area contributed by atoms with Gasteiger partial charge in [-0.25, -0.2) is 0 Å². The second-order valence-electron chi connectivity index (χ2n) is 3.79. The van der Waals surface area contributed by atoms with Crippen molar-refractivity contribution in [1.82, 2.24) is 0 Å². The highest BCUT2D eigenvalue weighted by atomic mass is 79.9. The molecular formula is C10H8Br4N2O4. The number of hydrogen-bond acceptors (Lipinski definition) is 4. The Hall–Kier alpha value is -0.0600. The summed E-state index contributed by atoms with van der Waals surface area (Å²) in [6, 6.07) is 6.83. The third-order valence-corrected chi connectivity index (χ3v) is 7.64. The molecule has 1 aromatic rings. The molecule has 1 aromatic carbocycles. The van der Waals surface area contributed by atoms with Crippen molar-refractivity contribution < 1.29 is 9.85 Å². The van der Waals surface area contributed by atoms with Gasteiger partial charge in [0.05, 0.1) is 0 Å². The molecule has 0 fully saturated rings. The minimum absolute atomic E-state index is 0.456. The number of benzene rings is 1. The Morgan fingerprint density at radius 1 is 0.850 bits per heavy atom. The maximum atomic E-state index is 10.8. The first-order valence-corrected chi connectivity index (χ1v) is 8.85. The molecule has 10 heteroatoms. The highest BCUT2D eigenvalue weighted by Crippen LogP contribution is 2.36. The van der Waals surface area contributed by atoms with Crippen LogP contribution in [0.5, 0.6) is 0 Å². The Labute approximate surface area is 148 Å². The average Bonchev–Trinajstić information content (AvgIpc) is 2.43. The van der Waals surface area contributed by atoms with Gasteiger partial charge in [0, 0.05) is 9.85 Å². The average molecular weight is 540 g/mol. The smallest absolute Gasteiger partial charge is 0.263 e. The van der Waals surface area contributed by atoms with E-state index in [-0.39, 0.29) is 0 Å². The maximum Gasteiger partial charge on any atom is 0.282 e. The number of nitrogens with zero attached hydrogens (tertiary/aromatic N) is 2. The Balaban J connectivity index is 3.01. The lowest BCUT2D eigenvalue weighted by molar-refractivity contribution is -0.492. The zero-order chi connectivity index (χ0) is 15.4. The number of nitro groups is 2. The fraction of sp³-hybridized carbons (Fsp3) is 0.400. The van der Waals surface area contributed by atoms with Crippen molar-refractivity contribution >= 4 is 63.7 Å². The molecule has 0 saturated heterocycles. The summed E-state index contributed by atoms with van der Waals surface area (Å²) in [5.74, 6) is 0. The molecule has 0 spiro atoms. The first-order valence-electron chi connectivity index (χ1n) is 5.18. The van der Waals surface area contributed by atoms with E-state index in [1.165, 1.54) is 0 Å². The van der Waals surface area contributed by atoms with Gasteiger partial charge in [-0.15, -0.1) is 0 Å². The Morgan fingerprint density at radius 2 is 1.20 bits per heavy atom. The molecule has 0 N–H and O–H groups in total. The van der Waals surface area contributed by atoms with E-state index in [1.54, 1.807) is 24.3 Å². The van der Waals surface area contributed by atoms with Gasteiger partial charge < -0.3 is 0 Å². The molecule has 4 atom stereocenters. The van der Waals surface area contributed by atoms with Crippen molar-refractivity contribution in [2.24, 2.45) is 0 Å². The van der Waals surface area contributed by atoms with Crippen LogP contribution >= 0.6 is 63.7 Å². The molecule has 1 rings (SSSR count). The molecule has 0 aliphatic carbocycles. The molecule has 6 nitrogen and oxygen atoms in total. The van der Waals surface area contributed by atoms with Crippen molar-refractivity contribution in [3.8, 4) is 0 Å². The van der Waals surface area contributed by atoms with Crippen LogP contribution in [0.4, 0.5) is 0 Å². The monoisotopic (exact) mass is 536 g/mol. The number of alkyl halides is 4. The number of halogens is 4. The summed E-state index contributed by atoms with van der Waals surface area (Å²) >= 11 is 12.5. The van der Waals surface area contributed by atoms with Crippen LogP contribution in [0.15, 0.2) is 24.3 Å². The van der Waals surface area contributed by atoms with Crippen LogP contribution in [0.3, 0.4) is 0 Å². The summed E-state index contributed by atoms with van der Waals surface area (Å²) in [5, 5.41) is 21.5. The molecule has 0 heterocycles. The van der Waals surface area contributed by atoms with Crippen LogP contribution in [0, 0.1) is 20.2 Å². The molecule has 0 bridgehead atoms. The Kier molecular flexibility index (Phi) is 7.02. The lowest BCUT2D eigenvalue weighted by Gasteiger charge is -2.15. The predicted molar refractivity (Wildman–Crippen MR) is 89.2 cm³/mol. The van der Waals surface area contributed by atoms with Crippen molar-refractivity contribution in [2.45, 2.75) is 19.6 Å². The van der Waals surface area contributed by atoms with Gasteiger partial charge in [0.15, 0.2) is 0 Å². The van der Waals surface area contributed by atoms with E-state index in [4.69, 9.17) is 0 Å². The molecule has 0 unspecified atom stereocenters. The van der Waals surface area contributed by atoms with Crippen LogP contribution in [0.1, 0.15) is 20.8 Å². The van der Waals surface area contributed by atoms with E-state index in [0.717, 1.165) is 0 Å². The normalized spacial score (nSPS) is 17.0. The quantitative estimate of drug-likeness (QED) is 0.230. The number of rotatable bonds is 6. The summed E-state index contributed by atoms with van der Waals surface area (Å²) in [6.07, 6.45) is 0. The van der Waals surface area contributed by atoms with Crippen LogP contribution in [-0.4, -0.2) is 19.7 Å². The molecule has 0 amide bonds. The van der Waals surface area contributed by atoms with Crippen molar-refractivity contribution in [2.75, 3.05) is 0 Å². The van der Waals surface area contributed by atoms with Gasteiger partial charge in [-0.05, 0) is 43.0 Å². The fourth-order valence-corrected chi connectivity index (χ4v) is 3.00. The van der Waals surface area contributed by atoms with Gasteiger partial charge in [-0.3, -0.25) is 20.2 Å². The van der Waals surface area contributed by atoms with Gasteiger partial charge in [-0.1, -0.05) is 56.1 Å². The van der Waals surface area contributed by atoms with Crippen molar-refractivity contribution in [3.05, 3.63) is 55.6 Å². The van der Waals surface area contributed by atoms with E-state index in [0.29, 0.717) is 11.1 Å². The first kappa shape index (κ1) is 18.0. The lowest BCUT2D eigenvalue weighted by atomic mass is 10.1. The van der Waals surface area contributed by atoms with E-state index in [2.05, 4.69) is 63.7 Å². The van der Waals surface area contributed by atoms with E-state index >= 15 is 0 Å². The van der Waals surface area contributed by atoms with Gasteiger partial charge >= 0.3 is 0 Å². The SMILES string of the molecule is O=[N+]([O-])[C@H](Br)[C@H](Br)c1cccc([C@H](Br)[C@H](Br)[N+](=O)[O-])c1. The molecular weight excluding hydrogens is 532 g/mol. The zero-order valence-corrected chi connectivity index (χ0v) is 16.0. The third kappa shape index (κ3) is 4.47. The zero-order valence-electron chi connectivity index (χ0n) is 9.66. The predicted octanol–water partition coefficient (Wildman–Crippen LogP) is 4.55. The minimum Gasteiger partial charge on any atom is -0.263 e. The molecule has 0 aliphatic heterocycles. The summed E-state index contributed by atoms with van der Waals surface area (Å²) in [4.78, 5) is 17.5. The van der Waals surface area contributed by atoms with Crippen LogP contribution in [-0.2, 0) is 0 Å². The standard InChI is InChI=1S/C10H8Br4N2O4/c11-7(9(13)15(17)18)5-2-1-3-6(4-5)8(12)10(14)16(19)20/h1-4,7-10H/t7-,8+,9+,10-. The van der Waals surface area contributed by atoms with Crippen LogP contribution < -0.4 is 0 Å². The van der Waals surface area contributed by atoms with E-state index in [1.807, 2.05) is 0 Å². The van der Waals surface area contributed by atoms with Crippen molar-refractivity contribution in [3.63, 3.8) is 0 Å². The topological polar surface area (TPSA) is 86.3 Å². The molecule has 110 valence electrons. The third-order valence-electron chi connectivity index (χ3n) is 2.43. The van der Waals surface area contributed by atoms with Gasteiger partial charge in [0.2, 0.25) is 0 Å². The Morgan fingerprint density at radius 3 is 1.50 bits per heavy atom. The van der Waals surface area contributed by atoms with Gasteiger partial charge in [0.25, 0.3) is 9.90 Å². The first-order chi connectivity index (χ1) is 9.25. The lowest BCUT2D eigenvalue weighted by Crippen LogP contribution is -2.19. The summed E-state index contributed by atoms with van der Waals surface area (Å²) in [5.41, 5.74) is 1.32. The highest BCUT2D eigenvalue weighted by molar-refractivity contribution is 9.12. The second kappa shape index (κ2) is 7.81. The highest BCUT2D eigenvalue weighted by Gasteiger charge is 2.30. The number of hydrogen-bond donors (Lipinski definition) is 0. The summed E-state index contributed by atoms with van der Waals surface area (Å²) in [6.45, 7) is 0. The second-order valence-corrected chi connectivity index (χ2v) is 7.64. The Bertz CT molecular complexity index is 475. The maximum absolute atomic E-state index is 10.8. The van der Waals surface area contributed by atoms with Crippen LogP contribution in [0.25, 0.3) is 0 Å². The van der Waals surface area contributed by atoms with Gasteiger partial charge in [-0.2, -0.15) is 0 Å². The van der Waals surface area contributed by atoms with Crippen LogP contribution in [0.2, 0.25) is 0 Å². The molecule has 0 aromatic heterocycles. The minimum atomic E-state index is -0.984. The van der Waals surface area contributed by atoms with Crippen molar-refractivity contribution in [1.29, 1.82) is 0 Å². The van der Waals surface area contributed by atoms with E-state index < -0.39 is 29.4 Å². The molecule has 20 heavy (non-hydrogen) atoms. The molecule has 0 aliphatic rings. The summed E-state index contributed by atoms with van der Waals surface area (Å²) in [7, 11) is 0. The summed E-state index contributed by atoms with van der Waals surface area (Å²) < 4.78 is 0. The van der Waals surface area contributed by atoms with E-state index in [9.17, 15) is 20.2 Å². The molecule has 0 saturated carbocycles. The largest absolute Gasteiger partial charge is 0.282 e. The molecule has 0 radical (unpaired) electrons. The van der Waals surface area contributed by atoms with Gasteiger partial charge in [0.1, 0.15) is 9.65 Å².